The fraction of sp³-hybridized carbons (Fsp3) is 0.385. The molecule has 6 nitrogen and oxygen atoms in total. The third-order valence-electron chi connectivity index (χ3n) is 6.54. The Labute approximate surface area is 214 Å². The monoisotopic (exact) mass is 510 g/mol. The summed E-state index contributed by atoms with van der Waals surface area (Å²) in [5, 5.41) is 9.69. The molecule has 3 heterocycles. The zero-order valence-corrected chi connectivity index (χ0v) is 21.8. The van der Waals surface area contributed by atoms with Crippen molar-refractivity contribution in [3.63, 3.8) is 0 Å². The molecule has 2 aliphatic heterocycles. The Morgan fingerprint density at radius 2 is 1.83 bits per heavy atom. The van der Waals surface area contributed by atoms with Crippen LogP contribution >= 0.6 is 24.0 Å². The minimum atomic E-state index is -0.341. The molecule has 0 radical (unpaired) electrons. The summed E-state index contributed by atoms with van der Waals surface area (Å²) in [6, 6.07) is 8.01. The second kappa shape index (κ2) is 9.96. The zero-order valence-electron chi connectivity index (χ0n) is 20.2. The van der Waals surface area contributed by atoms with Crippen LogP contribution in [0.1, 0.15) is 42.5 Å². The molecule has 2 unspecified atom stereocenters. The van der Waals surface area contributed by atoms with Gasteiger partial charge in [-0.3, -0.25) is 19.1 Å². The van der Waals surface area contributed by atoms with Crippen LogP contribution in [0.5, 0.6) is 0 Å². The van der Waals surface area contributed by atoms with E-state index in [9.17, 15) is 19.2 Å². The van der Waals surface area contributed by atoms with Crippen molar-refractivity contribution in [2.75, 3.05) is 18.0 Å². The lowest BCUT2D eigenvalue weighted by molar-refractivity contribution is -0.122. The molecule has 0 saturated carbocycles. The number of nitriles is 1. The van der Waals surface area contributed by atoms with Crippen molar-refractivity contribution in [2.45, 2.75) is 33.7 Å². The smallest absolute Gasteiger partial charge is 0.270 e. The summed E-state index contributed by atoms with van der Waals surface area (Å²) >= 11 is 6.68. The molecule has 2 fully saturated rings. The number of hydrogen-bond donors (Lipinski definition) is 0. The van der Waals surface area contributed by atoms with Crippen molar-refractivity contribution in [1.29, 1.82) is 5.26 Å². The van der Waals surface area contributed by atoms with Gasteiger partial charge in [-0.2, -0.15) is 5.26 Å². The number of halogens is 1. The largest absolute Gasteiger partial charge is 0.357 e. The van der Waals surface area contributed by atoms with E-state index in [-0.39, 0.29) is 29.4 Å². The molecular formula is C26H27FN4O2S2. The summed E-state index contributed by atoms with van der Waals surface area (Å²) in [6.45, 7) is 7.96. The van der Waals surface area contributed by atoms with Crippen LogP contribution in [0.15, 0.2) is 34.0 Å². The van der Waals surface area contributed by atoms with E-state index in [2.05, 4.69) is 18.7 Å². The van der Waals surface area contributed by atoms with Crippen LogP contribution in [-0.4, -0.2) is 32.8 Å². The van der Waals surface area contributed by atoms with E-state index in [0.717, 1.165) is 25.1 Å². The number of carbonyl (C=O) groups excluding carboxylic acids is 1. The number of pyridine rings is 1. The first kappa shape index (κ1) is 25.1. The van der Waals surface area contributed by atoms with Gasteiger partial charge in [0.15, 0.2) is 0 Å². The van der Waals surface area contributed by atoms with Crippen LogP contribution in [-0.2, 0) is 18.4 Å². The molecular weight excluding hydrogens is 483 g/mol. The van der Waals surface area contributed by atoms with Gasteiger partial charge in [-0.25, -0.2) is 4.39 Å². The quantitative estimate of drug-likeness (QED) is 0.443. The number of aromatic nitrogens is 1. The summed E-state index contributed by atoms with van der Waals surface area (Å²) in [4.78, 5) is 30.4. The van der Waals surface area contributed by atoms with E-state index in [1.165, 1.54) is 33.4 Å². The number of nitrogens with zero attached hydrogens (tertiary/aromatic N) is 4. The molecule has 2 aliphatic rings. The van der Waals surface area contributed by atoms with E-state index in [1.54, 1.807) is 32.2 Å². The van der Waals surface area contributed by atoms with Crippen molar-refractivity contribution in [1.82, 2.24) is 9.47 Å². The van der Waals surface area contributed by atoms with Gasteiger partial charge in [0, 0.05) is 25.7 Å². The maximum absolute atomic E-state index is 13.3. The molecule has 2 saturated heterocycles. The molecule has 1 aromatic carbocycles. The predicted octanol–water partition coefficient (Wildman–Crippen LogP) is 4.59. The summed E-state index contributed by atoms with van der Waals surface area (Å²) in [6.07, 6.45) is 2.87. The topological polar surface area (TPSA) is 69.3 Å². The van der Waals surface area contributed by atoms with Crippen molar-refractivity contribution < 1.29 is 9.18 Å². The highest BCUT2D eigenvalue weighted by Gasteiger charge is 2.34. The molecule has 0 aliphatic carbocycles. The molecule has 0 N–H and O–H groups in total. The predicted molar refractivity (Wildman–Crippen MR) is 141 cm³/mol. The second-order valence-electron chi connectivity index (χ2n) is 9.46. The lowest BCUT2D eigenvalue weighted by Gasteiger charge is -2.38. The molecule has 9 heteroatoms. The van der Waals surface area contributed by atoms with Crippen LogP contribution in [0.2, 0.25) is 0 Å². The number of thiocarbonyl (C=S) groups is 1. The fourth-order valence-electron chi connectivity index (χ4n) is 4.97. The van der Waals surface area contributed by atoms with Gasteiger partial charge in [-0.05, 0) is 54.5 Å². The average molecular weight is 511 g/mol. The first-order valence-electron chi connectivity index (χ1n) is 11.5. The number of anilines is 1. The van der Waals surface area contributed by atoms with Crippen molar-refractivity contribution >= 4 is 46.1 Å². The SMILES string of the molecule is Cc1c(/C=C2/SC(=S)N(Cc3ccc(F)cc3)C2=O)c(N2CC(C)CC(C)C2)n(C)c(=O)c1C#N. The van der Waals surface area contributed by atoms with Crippen molar-refractivity contribution in [3.8, 4) is 6.07 Å². The first-order chi connectivity index (χ1) is 16.6. The molecule has 2 atom stereocenters. The third kappa shape index (κ3) is 4.91. The average Bonchev–Trinajstić information content (AvgIpc) is 3.06. The van der Waals surface area contributed by atoms with E-state index in [4.69, 9.17) is 12.2 Å². The molecule has 182 valence electrons. The van der Waals surface area contributed by atoms with Gasteiger partial charge in [-0.15, -0.1) is 0 Å². The molecule has 4 rings (SSSR count). The van der Waals surface area contributed by atoms with Gasteiger partial charge in [0.1, 0.15) is 27.6 Å². The van der Waals surface area contributed by atoms with Gasteiger partial charge >= 0.3 is 0 Å². The number of piperidine rings is 1. The van der Waals surface area contributed by atoms with Crippen molar-refractivity contribution in [2.24, 2.45) is 18.9 Å². The maximum Gasteiger partial charge on any atom is 0.270 e. The normalized spacial score (nSPS) is 21.7. The second-order valence-corrected chi connectivity index (χ2v) is 11.1. The van der Waals surface area contributed by atoms with E-state index >= 15 is 0 Å². The lowest BCUT2D eigenvalue weighted by atomic mass is 9.91. The van der Waals surface area contributed by atoms with Crippen LogP contribution in [0.3, 0.4) is 0 Å². The summed E-state index contributed by atoms with van der Waals surface area (Å²) in [7, 11) is 1.68. The number of amides is 1. The Hall–Kier alpha value is -2.96. The van der Waals surface area contributed by atoms with E-state index in [1.807, 2.05) is 6.07 Å². The number of benzene rings is 1. The van der Waals surface area contributed by atoms with E-state index in [0.29, 0.717) is 38.0 Å². The Balaban J connectivity index is 1.78. The number of hydrogen-bond acceptors (Lipinski definition) is 6. The Bertz CT molecular complexity index is 1320. The summed E-state index contributed by atoms with van der Waals surface area (Å²) in [5.41, 5.74) is 1.74. The van der Waals surface area contributed by atoms with Crippen molar-refractivity contribution in [3.05, 3.63) is 67.6 Å². The van der Waals surface area contributed by atoms with Crippen LogP contribution in [0, 0.1) is 35.9 Å². The van der Waals surface area contributed by atoms with Gasteiger partial charge in [0.25, 0.3) is 11.5 Å². The fourth-order valence-corrected chi connectivity index (χ4v) is 6.21. The summed E-state index contributed by atoms with van der Waals surface area (Å²) in [5.74, 6) is 1.03. The molecule has 1 aromatic heterocycles. The van der Waals surface area contributed by atoms with Crippen LogP contribution in [0.4, 0.5) is 10.2 Å². The maximum atomic E-state index is 13.3. The van der Waals surface area contributed by atoms with Gasteiger partial charge in [0.05, 0.1) is 11.4 Å². The van der Waals surface area contributed by atoms with Gasteiger partial charge < -0.3 is 4.90 Å². The van der Waals surface area contributed by atoms with Gasteiger partial charge in [0.2, 0.25) is 0 Å². The van der Waals surface area contributed by atoms with Gasteiger partial charge in [-0.1, -0.05) is 50.0 Å². The van der Waals surface area contributed by atoms with E-state index < -0.39 is 0 Å². The van der Waals surface area contributed by atoms with Crippen LogP contribution < -0.4 is 10.5 Å². The molecule has 0 spiro atoms. The number of carbonyl (C=O) groups is 1. The first-order valence-corrected chi connectivity index (χ1v) is 12.7. The Kier molecular flexibility index (Phi) is 7.15. The molecule has 1 amide bonds. The minimum absolute atomic E-state index is 0.0717. The minimum Gasteiger partial charge on any atom is -0.357 e. The summed E-state index contributed by atoms with van der Waals surface area (Å²) < 4.78 is 15.2. The highest BCUT2D eigenvalue weighted by molar-refractivity contribution is 8.26. The standard InChI is InChI=1S/C26H27FN4O2S2/c1-15-9-16(2)13-30(12-15)23-20(17(3)21(11-28)24(32)29(23)4)10-22-25(33)31(26(34)35-22)14-18-5-7-19(27)8-6-18/h5-8,10,15-16H,9,12-14H2,1-4H3/b22-10+. The highest BCUT2D eigenvalue weighted by Crippen LogP contribution is 2.37. The lowest BCUT2D eigenvalue weighted by Crippen LogP contribution is -2.42. The molecule has 0 bridgehead atoms. The zero-order chi connectivity index (χ0) is 25.4. The molecule has 35 heavy (non-hydrogen) atoms. The van der Waals surface area contributed by atoms with Crippen LogP contribution in [0.25, 0.3) is 6.08 Å². The Morgan fingerprint density at radius 1 is 1.20 bits per heavy atom. The third-order valence-corrected chi connectivity index (χ3v) is 7.92. The Morgan fingerprint density at radius 3 is 2.43 bits per heavy atom. The molecule has 2 aromatic rings. The highest BCUT2D eigenvalue weighted by atomic mass is 32.2. The number of thioether (sulfide) groups is 1. The number of rotatable bonds is 4.